The quantitative estimate of drug-likeness (QED) is 0.329. The molecule has 0 aliphatic heterocycles. The van der Waals surface area contributed by atoms with Crippen LogP contribution in [0.2, 0.25) is 0 Å². The van der Waals surface area contributed by atoms with E-state index >= 15 is 0 Å². The van der Waals surface area contributed by atoms with Gasteiger partial charge in [0.05, 0.1) is 16.7 Å². The standard InChI is InChI=1S/C10H16N4O3S2/c1-7-12-6-8(18-7)19(16,17)14-10(9(11)13-15)4-2-3-5-10/h6,14-15H,2-5H2,1H3,(H2,11,13). The van der Waals surface area contributed by atoms with Crippen molar-refractivity contribution in [2.24, 2.45) is 10.9 Å². The molecule has 1 aromatic heterocycles. The largest absolute Gasteiger partial charge is 0.409 e. The third kappa shape index (κ3) is 2.72. The lowest BCUT2D eigenvalue weighted by Gasteiger charge is -2.27. The molecule has 1 fully saturated rings. The Balaban J connectivity index is 2.32. The van der Waals surface area contributed by atoms with Gasteiger partial charge in [-0.05, 0) is 19.8 Å². The van der Waals surface area contributed by atoms with Crippen molar-refractivity contribution in [2.75, 3.05) is 0 Å². The molecule has 0 bridgehead atoms. The van der Waals surface area contributed by atoms with Gasteiger partial charge in [0, 0.05) is 0 Å². The lowest BCUT2D eigenvalue weighted by atomic mass is 9.98. The number of oxime groups is 1. The summed E-state index contributed by atoms with van der Waals surface area (Å²) in [5.74, 6) is -0.0881. The number of nitrogens with one attached hydrogen (secondary N) is 1. The zero-order valence-electron chi connectivity index (χ0n) is 10.5. The summed E-state index contributed by atoms with van der Waals surface area (Å²) in [5.41, 5.74) is 4.68. The first-order valence-electron chi connectivity index (χ1n) is 5.84. The van der Waals surface area contributed by atoms with Crippen LogP contribution in [0.4, 0.5) is 0 Å². The van der Waals surface area contributed by atoms with Gasteiger partial charge in [0.25, 0.3) is 10.0 Å². The van der Waals surface area contributed by atoms with E-state index in [0.717, 1.165) is 24.2 Å². The molecule has 0 amide bonds. The van der Waals surface area contributed by atoms with E-state index in [0.29, 0.717) is 17.8 Å². The number of aromatic nitrogens is 1. The summed E-state index contributed by atoms with van der Waals surface area (Å²) < 4.78 is 27.3. The van der Waals surface area contributed by atoms with E-state index in [-0.39, 0.29) is 10.0 Å². The van der Waals surface area contributed by atoms with E-state index < -0.39 is 15.6 Å². The van der Waals surface area contributed by atoms with Crippen LogP contribution in [0.15, 0.2) is 15.6 Å². The molecule has 1 heterocycles. The van der Waals surface area contributed by atoms with Gasteiger partial charge in [-0.2, -0.15) is 4.72 Å². The van der Waals surface area contributed by atoms with E-state index in [1.165, 1.54) is 6.20 Å². The summed E-state index contributed by atoms with van der Waals surface area (Å²) in [7, 11) is -3.70. The van der Waals surface area contributed by atoms with Gasteiger partial charge in [0.1, 0.15) is 0 Å². The van der Waals surface area contributed by atoms with Crippen LogP contribution in [0.25, 0.3) is 0 Å². The van der Waals surface area contributed by atoms with Gasteiger partial charge in [0.2, 0.25) is 0 Å². The fourth-order valence-corrected chi connectivity index (χ4v) is 4.80. The van der Waals surface area contributed by atoms with Crippen molar-refractivity contribution in [3.63, 3.8) is 0 Å². The molecule has 0 spiro atoms. The van der Waals surface area contributed by atoms with Crippen molar-refractivity contribution in [1.82, 2.24) is 9.71 Å². The minimum absolute atomic E-state index is 0.0881. The van der Waals surface area contributed by atoms with Gasteiger partial charge in [-0.3, -0.25) is 0 Å². The molecule has 0 unspecified atom stereocenters. The third-order valence-corrected chi connectivity index (χ3v) is 6.16. The molecule has 0 atom stereocenters. The number of amidine groups is 1. The average molecular weight is 304 g/mol. The summed E-state index contributed by atoms with van der Waals surface area (Å²) in [6.07, 6.45) is 4.04. The maximum absolute atomic E-state index is 12.3. The van der Waals surface area contributed by atoms with Gasteiger partial charge < -0.3 is 10.9 Å². The monoisotopic (exact) mass is 304 g/mol. The Morgan fingerprint density at radius 2 is 2.21 bits per heavy atom. The van der Waals surface area contributed by atoms with Crippen molar-refractivity contribution < 1.29 is 13.6 Å². The minimum Gasteiger partial charge on any atom is -0.409 e. The molecule has 1 saturated carbocycles. The Morgan fingerprint density at radius 1 is 1.58 bits per heavy atom. The number of hydrogen-bond acceptors (Lipinski definition) is 6. The number of sulfonamides is 1. The highest BCUT2D eigenvalue weighted by molar-refractivity contribution is 7.91. The maximum Gasteiger partial charge on any atom is 0.252 e. The molecule has 4 N–H and O–H groups in total. The lowest BCUT2D eigenvalue weighted by Crippen LogP contribution is -2.55. The first-order valence-corrected chi connectivity index (χ1v) is 8.14. The number of hydrogen-bond donors (Lipinski definition) is 3. The summed E-state index contributed by atoms with van der Waals surface area (Å²) in [6, 6.07) is 0. The summed E-state index contributed by atoms with van der Waals surface area (Å²) in [5, 5.41) is 12.5. The number of nitrogens with two attached hydrogens (primary N) is 1. The zero-order valence-corrected chi connectivity index (χ0v) is 12.1. The molecule has 19 heavy (non-hydrogen) atoms. The molecule has 1 aliphatic carbocycles. The van der Waals surface area contributed by atoms with E-state index in [4.69, 9.17) is 10.9 Å². The highest BCUT2D eigenvalue weighted by Crippen LogP contribution is 2.32. The van der Waals surface area contributed by atoms with Crippen LogP contribution >= 0.6 is 11.3 Å². The second-order valence-electron chi connectivity index (χ2n) is 4.58. The molecule has 7 nitrogen and oxygen atoms in total. The maximum atomic E-state index is 12.3. The van der Waals surface area contributed by atoms with E-state index in [9.17, 15) is 8.42 Å². The van der Waals surface area contributed by atoms with Crippen molar-refractivity contribution in [3.05, 3.63) is 11.2 Å². The average Bonchev–Trinajstić information content (AvgIpc) is 2.98. The van der Waals surface area contributed by atoms with Crippen LogP contribution in [0, 0.1) is 6.92 Å². The molecular formula is C10H16N4O3S2. The van der Waals surface area contributed by atoms with Crippen LogP contribution in [-0.2, 0) is 10.0 Å². The van der Waals surface area contributed by atoms with E-state index in [1.54, 1.807) is 6.92 Å². The highest BCUT2D eigenvalue weighted by atomic mass is 32.2. The lowest BCUT2D eigenvalue weighted by molar-refractivity contribution is 0.310. The van der Waals surface area contributed by atoms with Crippen LogP contribution in [0.1, 0.15) is 30.7 Å². The Morgan fingerprint density at radius 3 is 2.68 bits per heavy atom. The van der Waals surface area contributed by atoms with E-state index in [1.807, 2.05) is 0 Å². The predicted octanol–water partition coefficient (Wildman–Crippen LogP) is 0.789. The van der Waals surface area contributed by atoms with Crippen LogP contribution in [0.5, 0.6) is 0 Å². The van der Waals surface area contributed by atoms with Gasteiger partial charge in [-0.25, -0.2) is 13.4 Å². The summed E-state index contributed by atoms with van der Waals surface area (Å²) in [4.78, 5) is 3.93. The Kier molecular flexibility index (Phi) is 3.79. The van der Waals surface area contributed by atoms with Crippen molar-refractivity contribution in [2.45, 2.75) is 42.4 Å². The van der Waals surface area contributed by atoms with Crippen LogP contribution in [0.3, 0.4) is 0 Å². The smallest absolute Gasteiger partial charge is 0.252 e. The zero-order chi connectivity index (χ0) is 14.1. The van der Waals surface area contributed by atoms with Crippen molar-refractivity contribution in [3.8, 4) is 0 Å². The SMILES string of the molecule is Cc1ncc(S(=O)(=O)NC2(/C(N)=N/O)CCCC2)s1. The van der Waals surface area contributed by atoms with Gasteiger partial charge in [-0.1, -0.05) is 18.0 Å². The summed E-state index contributed by atoms with van der Waals surface area (Å²) >= 11 is 1.09. The molecule has 106 valence electrons. The van der Waals surface area contributed by atoms with Gasteiger partial charge in [-0.15, -0.1) is 11.3 Å². The molecule has 1 aliphatic rings. The first kappa shape index (κ1) is 14.2. The fourth-order valence-electron chi connectivity index (χ4n) is 2.26. The second kappa shape index (κ2) is 5.06. The Bertz CT molecular complexity index is 588. The normalized spacial score (nSPS) is 19.7. The Labute approximate surface area is 115 Å². The molecule has 0 aromatic carbocycles. The molecule has 0 saturated heterocycles. The van der Waals surface area contributed by atoms with Crippen LogP contribution in [-0.4, -0.2) is 30.0 Å². The van der Waals surface area contributed by atoms with Gasteiger partial charge in [0.15, 0.2) is 10.0 Å². The second-order valence-corrected chi connectivity index (χ2v) is 7.72. The Hall–Kier alpha value is -1.19. The number of thiazole rings is 1. The molecular weight excluding hydrogens is 288 g/mol. The van der Waals surface area contributed by atoms with E-state index in [2.05, 4.69) is 14.9 Å². The van der Waals surface area contributed by atoms with Crippen LogP contribution < -0.4 is 10.5 Å². The molecule has 9 heteroatoms. The molecule has 1 aromatic rings. The highest BCUT2D eigenvalue weighted by Gasteiger charge is 2.42. The minimum atomic E-state index is -3.70. The molecule has 0 radical (unpaired) electrons. The first-order chi connectivity index (χ1) is 8.89. The topological polar surface area (TPSA) is 118 Å². The van der Waals surface area contributed by atoms with Crippen molar-refractivity contribution >= 4 is 27.2 Å². The summed E-state index contributed by atoms with van der Waals surface area (Å²) in [6.45, 7) is 1.73. The number of aryl methyl sites for hydroxylation is 1. The fraction of sp³-hybridized carbons (Fsp3) is 0.600. The third-order valence-electron chi connectivity index (χ3n) is 3.25. The van der Waals surface area contributed by atoms with Gasteiger partial charge >= 0.3 is 0 Å². The number of rotatable bonds is 4. The van der Waals surface area contributed by atoms with Crippen molar-refractivity contribution in [1.29, 1.82) is 0 Å². The molecule has 2 rings (SSSR count). The number of nitrogens with zero attached hydrogens (tertiary/aromatic N) is 2. The predicted molar refractivity (Wildman–Crippen MR) is 71.8 cm³/mol.